The van der Waals surface area contributed by atoms with Crippen molar-refractivity contribution in [2.24, 2.45) is 5.73 Å². The first-order chi connectivity index (χ1) is 36.6. The lowest BCUT2D eigenvalue weighted by molar-refractivity contribution is -0.132. The van der Waals surface area contributed by atoms with Gasteiger partial charge in [0.25, 0.3) is 11.8 Å². The molecular weight excluding hydrogens is 971 g/mol. The van der Waals surface area contributed by atoms with Crippen molar-refractivity contribution in [2.45, 2.75) is 71.1 Å². The predicted octanol–water partition coefficient (Wildman–Crippen LogP) is 6.31. The number of primary amides is 1. The fourth-order valence-electron chi connectivity index (χ4n) is 9.18. The van der Waals surface area contributed by atoms with E-state index < -0.39 is 12.1 Å². The van der Waals surface area contributed by atoms with Crippen molar-refractivity contribution < 1.29 is 43.5 Å². The molecule has 2 fully saturated rings. The highest BCUT2D eigenvalue weighted by molar-refractivity contribution is 5.99. The summed E-state index contributed by atoms with van der Waals surface area (Å²) >= 11 is 0. The van der Waals surface area contributed by atoms with Crippen LogP contribution in [0.4, 0.5) is 26.7 Å². The Morgan fingerprint density at radius 2 is 1.20 bits per heavy atom. The molecule has 7 N–H and O–H groups in total. The van der Waals surface area contributed by atoms with E-state index in [1.54, 1.807) is 55.1 Å². The Kier molecular flexibility index (Phi) is 20.6. The number of urea groups is 2. The van der Waals surface area contributed by atoms with Crippen LogP contribution in [0.25, 0.3) is 0 Å². The molecule has 2 aliphatic heterocycles. The third kappa shape index (κ3) is 15.5. The van der Waals surface area contributed by atoms with Gasteiger partial charge in [0, 0.05) is 87.7 Å². The number of aromatic nitrogens is 1. The summed E-state index contributed by atoms with van der Waals surface area (Å²) in [6.45, 7) is 7.61. The van der Waals surface area contributed by atoms with E-state index in [4.69, 9.17) is 31.0 Å². The molecule has 8 amide bonds. The number of aliphatic hydroxyl groups is 2. The van der Waals surface area contributed by atoms with Crippen molar-refractivity contribution in [3.8, 4) is 12.1 Å². The summed E-state index contributed by atoms with van der Waals surface area (Å²) in [5, 5.41) is 48.0. The molecule has 76 heavy (non-hydrogen) atoms. The van der Waals surface area contributed by atoms with Gasteiger partial charge in [0.1, 0.15) is 5.69 Å². The summed E-state index contributed by atoms with van der Waals surface area (Å²) in [4.78, 5) is 82.1. The number of hydrogen-bond donors (Lipinski definition) is 6. The molecule has 0 spiro atoms. The lowest BCUT2D eigenvalue weighted by Gasteiger charge is -2.32. The van der Waals surface area contributed by atoms with Crippen LogP contribution in [0, 0.1) is 43.4 Å². The minimum absolute atomic E-state index is 0.00398. The van der Waals surface area contributed by atoms with E-state index in [9.17, 15) is 28.8 Å². The number of carbonyl (C=O) groups excluding carboxylic acids is 6. The van der Waals surface area contributed by atoms with E-state index >= 15 is 0 Å². The monoisotopic (exact) mass is 1040 g/mol. The van der Waals surface area contributed by atoms with Crippen LogP contribution in [-0.2, 0) is 9.59 Å². The zero-order valence-corrected chi connectivity index (χ0v) is 43.1. The van der Waals surface area contributed by atoms with Crippen LogP contribution in [-0.4, -0.2) is 131 Å². The number of nitrogens with two attached hydrogens (primary N) is 1. The number of anilines is 3. The van der Waals surface area contributed by atoms with E-state index in [-0.39, 0.29) is 75.9 Å². The Hall–Kier alpha value is -8.59. The van der Waals surface area contributed by atoms with Gasteiger partial charge in [-0.1, -0.05) is 41.6 Å². The van der Waals surface area contributed by atoms with E-state index in [0.29, 0.717) is 83.1 Å². The summed E-state index contributed by atoms with van der Waals surface area (Å²) in [6.07, 6.45) is 4.76. The maximum Gasteiger partial charge on any atom is 0.319 e. The topological polar surface area (TPSA) is 292 Å². The molecule has 20 heteroatoms. The second kappa shape index (κ2) is 27.6. The number of hydrogen-bond acceptors (Lipinski definition) is 12. The summed E-state index contributed by atoms with van der Waals surface area (Å²) in [7, 11) is 0. The number of nitriles is 2. The molecule has 398 valence electrons. The van der Waals surface area contributed by atoms with Crippen molar-refractivity contribution in [3.63, 3.8) is 0 Å². The van der Waals surface area contributed by atoms with Gasteiger partial charge in [-0.2, -0.15) is 10.5 Å². The van der Waals surface area contributed by atoms with Crippen LogP contribution in [0.1, 0.15) is 110 Å². The lowest BCUT2D eigenvalue weighted by Crippen LogP contribution is -2.42. The average Bonchev–Trinajstić information content (AvgIpc) is 3.84. The van der Waals surface area contributed by atoms with Gasteiger partial charge < -0.3 is 51.1 Å². The van der Waals surface area contributed by atoms with Crippen molar-refractivity contribution in [3.05, 3.63) is 141 Å². The standard InChI is InChI=1S/C28H30N6O4.C28H35N5O5/c1-18-3-6-23(27(36)34-13-10-22(11-14-34)21-7-4-20(16-29)5-8-21)15-24(18)33-28(37)30-12-9-26(35)32-25-17-31-38-19(25)2;1-20-2-5-24(18-25(20)33(28(30)38)13-10-26(36)31(14-16-34)15-17-35)27(37)32-11-8-23(9-12-32)22-6-3-21(19-29)4-7-22/h3-8,15,17,22H,9-14H2,1-2H3,(H,32,35)(H2,30,33,37);2-7,18,23,34-35H,8-17H2,1H3,(H2,30,38). The molecule has 0 aliphatic carbocycles. The predicted molar refractivity (Wildman–Crippen MR) is 284 cm³/mol. The van der Waals surface area contributed by atoms with Crippen LogP contribution in [0.2, 0.25) is 0 Å². The van der Waals surface area contributed by atoms with Crippen molar-refractivity contribution in [1.82, 2.24) is 25.2 Å². The Balaban J connectivity index is 0.000000247. The van der Waals surface area contributed by atoms with Gasteiger partial charge in [-0.25, -0.2) is 9.59 Å². The first-order valence-electron chi connectivity index (χ1n) is 25.2. The Labute approximate surface area is 442 Å². The second-order valence-corrected chi connectivity index (χ2v) is 18.7. The first-order valence-corrected chi connectivity index (χ1v) is 25.2. The largest absolute Gasteiger partial charge is 0.395 e. The quantitative estimate of drug-likeness (QED) is 0.0598. The normalized spacial score (nSPS) is 13.5. The number of aryl methyl sites for hydroxylation is 3. The van der Waals surface area contributed by atoms with E-state index in [2.05, 4.69) is 33.2 Å². The number of likely N-dealkylation sites (tertiary alicyclic amines) is 2. The zero-order valence-electron chi connectivity index (χ0n) is 43.1. The molecule has 20 nitrogen and oxygen atoms in total. The molecule has 2 aliphatic rings. The Morgan fingerprint density at radius 3 is 1.67 bits per heavy atom. The highest BCUT2D eigenvalue weighted by Gasteiger charge is 2.28. The molecule has 0 saturated carbocycles. The van der Waals surface area contributed by atoms with Gasteiger partial charge >= 0.3 is 12.1 Å². The highest BCUT2D eigenvalue weighted by Crippen LogP contribution is 2.32. The molecule has 1 aromatic heterocycles. The third-order valence-corrected chi connectivity index (χ3v) is 13.6. The number of nitrogens with one attached hydrogen (secondary N) is 3. The van der Waals surface area contributed by atoms with E-state index in [1.165, 1.54) is 21.6 Å². The third-order valence-electron chi connectivity index (χ3n) is 13.6. The highest BCUT2D eigenvalue weighted by atomic mass is 16.5. The van der Waals surface area contributed by atoms with Crippen LogP contribution in [0.15, 0.2) is 95.6 Å². The number of carbonyl (C=O) groups is 6. The molecule has 0 unspecified atom stereocenters. The maximum absolute atomic E-state index is 13.3. The average molecular weight is 1040 g/mol. The summed E-state index contributed by atoms with van der Waals surface area (Å²) in [6, 6.07) is 28.7. The Bertz CT molecular complexity index is 2910. The van der Waals surface area contributed by atoms with E-state index in [0.717, 1.165) is 42.4 Å². The Morgan fingerprint density at radius 1 is 0.684 bits per heavy atom. The molecular formula is C56H65N11O9. The summed E-state index contributed by atoms with van der Waals surface area (Å²) in [5.41, 5.74) is 13.2. The van der Waals surface area contributed by atoms with Gasteiger partial charge in [-0.15, -0.1) is 0 Å². The fraction of sp³-hybridized carbons (Fsp3) is 0.375. The maximum atomic E-state index is 13.3. The van der Waals surface area contributed by atoms with Crippen LogP contribution < -0.4 is 26.6 Å². The van der Waals surface area contributed by atoms with Gasteiger partial charge in [0.05, 0.1) is 42.7 Å². The zero-order chi connectivity index (χ0) is 54.7. The molecule has 5 aromatic rings. The van der Waals surface area contributed by atoms with Crippen molar-refractivity contribution >= 4 is 52.8 Å². The van der Waals surface area contributed by atoms with Gasteiger partial charge in [0.15, 0.2) is 5.76 Å². The smallest absolute Gasteiger partial charge is 0.319 e. The number of rotatable bonds is 17. The molecule has 0 bridgehead atoms. The SMILES string of the molecule is Cc1ccc(C(=O)N2CCC(c3ccc(C#N)cc3)CC2)cc1N(CCC(=O)N(CCO)CCO)C(N)=O.Cc1ccc(C(=O)N2CCC(c3ccc(C#N)cc3)CC2)cc1NC(=O)NCCC(=O)Nc1cnoc1C. The van der Waals surface area contributed by atoms with Crippen LogP contribution in [0.5, 0.6) is 0 Å². The van der Waals surface area contributed by atoms with Crippen LogP contribution >= 0.6 is 0 Å². The minimum Gasteiger partial charge on any atom is -0.395 e. The molecule has 2 saturated heterocycles. The van der Waals surface area contributed by atoms with Gasteiger partial charge in [0.2, 0.25) is 11.8 Å². The first kappa shape index (κ1) is 56.7. The number of amides is 8. The summed E-state index contributed by atoms with van der Waals surface area (Å²) in [5.74, 6) is 0.365. The molecule has 4 aromatic carbocycles. The van der Waals surface area contributed by atoms with Gasteiger partial charge in [-0.3, -0.25) is 24.1 Å². The molecule has 0 radical (unpaired) electrons. The molecule has 7 rings (SSSR count). The van der Waals surface area contributed by atoms with Crippen molar-refractivity contribution in [1.29, 1.82) is 10.5 Å². The lowest BCUT2D eigenvalue weighted by atomic mass is 9.89. The number of benzene rings is 4. The van der Waals surface area contributed by atoms with Crippen molar-refractivity contribution in [2.75, 3.05) is 81.1 Å². The molecule has 3 heterocycles. The molecule has 0 atom stereocenters. The van der Waals surface area contributed by atoms with Crippen LogP contribution in [0.3, 0.4) is 0 Å². The second-order valence-electron chi connectivity index (χ2n) is 18.7. The summed E-state index contributed by atoms with van der Waals surface area (Å²) < 4.78 is 4.90. The van der Waals surface area contributed by atoms with Gasteiger partial charge in [-0.05, 0) is 129 Å². The van der Waals surface area contributed by atoms with E-state index in [1.807, 2.05) is 60.4 Å². The number of nitrogens with zero attached hydrogens (tertiary/aromatic N) is 7. The fourth-order valence-corrected chi connectivity index (χ4v) is 9.18. The number of aliphatic hydroxyl groups excluding tert-OH is 2. The number of piperidine rings is 2. The minimum atomic E-state index is -0.746.